The van der Waals surface area contributed by atoms with Gasteiger partial charge in [0.05, 0.1) is 5.92 Å². The van der Waals surface area contributed by atoms with Gasteiger partial charge in [0.1, 0.15) is 0 Å². The highest BCUT2D eigenvalue weighted by molar-refractivity contribution is 6.28. The van der Waals surface area contributed by atoms with E-state index in [-0.39, 0.29) is 17.2 Å². The van der Waals surface area contributed by atoms with E-state index in [0.717, 1.165) is 38.8 Å². The number of carboxylic acids is 1. The first-order valence-corrected chi connectivity index (χ1v) is 9.15. The van der Waals surface area contributed by atoms with E-state index >= 15 is 0 Å². The van der Waals surface area contributed by atoms with Gasteiger partial charge in [-0.25, -0.2) is 0 Å². The minimum absolute atomic E-state index is 0.191. The Morgan fingerprint density at radius 2 is 1.71 bits per heavy atom. The van der Waals surface area contributed by atoms with E-state index in [9.17, 15) is 4.79 Å². The largest absolute Gasteiger partial charge is 0.481 e. The van der Waals surface area contributed by atoms with Crippen LogP contribution in [0.1, 0.15) is 51.4 Å². The zero-order valence-corrected chi connectivity index (χ0v) is 14.5. The first-order valence-electron chi connectivity index (χ1n) is 8.77. The molecular weight excluding hydrogens is 330 g/mol. The second-order valence-electron chi connectivity index (χ2n) is 6.66. The third kappa shape index (κ3) is 4.47. The Balaban J connectivity index is 1.64. The molecule has 1 aliphatic carbocycles. The first kappa shape index (κ1) is 17.2. The van der Waals surface area contributed by atoms with Crippen LogP contribution in [0.2, 0.25) is 5.28 Å². The minimum Gasteiger partial charge on any atom is -0.481 e. The molecule has 0 spiro atoms. The van der Waals surface area contributed by atoms with E-state index in [1.807, 2.05) is 0 Å². The van der Waals surface area contributed by atoms with Crippen molar-refractivity contribution in [1.29, 1.82) is 0 Å². The molecule has 132 valence electrons. The molecule has 1 aromatic heterocycles. The van der Waals surface area contributed by atoms with Gasteiger partial charge in [-0.05, 0) is 50.1 Å². The van der Waals surface area contributed by atoms with Crippen molar-refractivity contribution in [3.8, 4) is 0 Å². The zero-order chi connectivity index (χ0) is 16.9. The predicted molar refractivity (Wildman–Crippen MR) is 92.5 cm³/mol. The smallest absolute Gasteiger partial charge is 0.306 e. The second kappa shape index (κ2) is 7.96. The summed E-state index contributed by atoms with van der Waals surface area (Å²) < 4.78 is 0. The van der Waals surface area contributed by atoms with E-state index in [1.165, 1.54) is 12.8 Å². The summed E-state index contributed by atoms with van der Waals surface area (Å²) in [5.41, 5.74) is 0. The monoisotopic (exact) mass is 353 g/mol. The fraction of sp³-hybridized carbons (Fsp3) is 0.750. The molecule has 0 unspecified atom stereocenters. The SMILES string of the molecule is O=C(O)[C@H]1CC[C@@H](Nc2nc(Cl)nc(N3CCCCCC3)n2)CC1. The van der Waals surface area contributed by atoms with Crippen molar-refractivity contribution in [2.24, 2.45) is 5.92 Å². The van der Waals surface area contributed by atoms with Crippen LogP contribution in [-0.2, 0) is 4.79 Å². The maximum atomic E-state index is 11.0. The number of halogens is 1. The summed E-state index contributed by atoms with van der Waals surface area (Å²) in [6.45, 7) is 1.90. The lowest BCUT2D eigenvalue weighted by Crippen LogP contribution is -2.31. The van der Waals surface area contributed by atoms with Gasteiger partial charge in [0.25, 0.3) is 0 Å². The molecule has 0 atom stereocenters. The molecule has 1 saturated carbocycles. The van der Waals surface area contributed by atoms with Crippen molar-refractivity contribution < 1.29 is 9.90 Å². The van der Waals surface area contributed by atoms with Crippen LogP contribution in [0.4, 0.5) is 11.9 Å². The number of carboxylic acid groups (broad SMARTS) is 1. The van der Waals surface area contributed by atoms with Crippen molar-refractivity contribution in [2.75, 3.05) is 23.3 Å². The maximum absolute atomic E-state index is 11.0. The molecule has 8 heteroatoms. The molecule has 3 rings (SSSR count). The summed E-state index contributed by atoms with van der Waals surface area (Å²) in [5, 5.41) is 12.6. The van der Waals surface area contributed by atoms with Crippen molar-refractivity contribution >= 4 is 29.5 Å². The summed E-state index contributed by atoms with van der Waals surface area (Å²) in [7, 11) is 0. The molecule has 1 aromatic rings. The quantitative estimate of drug-likeness (QED) is 0.859. The molecule has 1 saturated heterocycles. The number of hydrogen-bond donors (Lipinski definition) is 2. The van der Waals surface area contributed by atoms with Gasteiger partial charge in [-0.1, -0.05) is 12.8 Å². The van der Waals surface area contributed by atoms with Gasteiger partial charge in [-0.3, -0.25) is 4.79 Å². The molecule has 7 nitrogen and oxygen atoms in total. The fourth-order valence-corrected chi connectivity index (χ4v) is 3.64. The minimum atomic E-state index is -0.694. The highest BCUT2D eigenvalue weighted by atomic mass is 35.5. The van der Waals surface area contributed by atoms with Crippen molar-refractivity contribution in [3.05, 3.63) is 5.28 Å². The van der Waals surface area contributed by atoms with Gasteiger partial charge in [0.15, 0.2) is 0 Å². The Kier molecular flexibility index (Phi) is 5.71. The van der Waals surface area contributed by atoms with Gasteiger partial charge in [-0.2, -0.15) is 15.0 Å². The Hall–Kier alpha value is -1.63. The van der Waals surface area contributed by atoms with Gasteiger partial charge in [0.2, 0.25) is 17.2 Å². The van der Waals surface area contributed by atoms with Crippen LogP contribution >= 0.6 is 11.6 Å². The Bertz CT molecular complexity index is 570. The van der Waals surface area contributed by atoms with Gasteiger partial charge in [0, 0.05) is 19.1 Å². The molecule has 1 aliphatic heterocycles. The van der Waals surface area contributed by atoms with Gasteiger partial charge in [-0.15, -0.1) is 0 Å². The summed E-state index contributed by atoms with van der Waals surface area (Å²) in [6, 6.07) is 0.191. The third-order valence-corrected chi connectivity index (χ3v) is 5.06. The number of aliphatic carboxylic acids is 1. The summed E-state index contributed by atoms with van der Waals surface area (Å²) in [6.07, 6.45) is 7.76. The van der Waals surface area contributed by atoms with Crippen LogP contribution in [0.3, 0.4) is 0 Å². The lowest BCUT2D eigenvalue weighted by molar-refractivity contribution is -0.142. The summed E-state index contributed by atoms with van der Waals surface area (Å²) >= 11 is 6.09. The first-order chi connectivity index (χ1) is 11.6. The number of nitrogens with one attached hydrogen (secondary N) is 1. The maximum Gasteiger partial charge on any atom is 0.306 e. The topological polar surface area (TPSA) is 91.2 Å². The normalized spacial score (nSPS) is 25.1. The lowest BCUT2D eigenvalue weighted by Gasteiger charge is -2.27. The van der Waals surface area contributed by atoms with Crippen molar-refractivity contribution in [3.63, 3.8) is 0 Å². The molecular formula is C16H24ClN5O2. The number of nitrogens with zero attached hydrogens (tertiary/aromatic N) is 4. The van der Waals surface area contributed by atoms with Crippen LogP contribution in [-0.4, -0.2) is 45.2 Å². The average molecular weight is 354 g/mol. The average Bonchev–Trinajstić information content (AvgIpc) is 2.84. The Labute approximate surface area is 146 Å². The molecule has 0 amide bonds. The zero-order valence-electron chi connectivity index (χ0n) is 13.7. The predicted octanol–water partition coefficient (Wildman–Crippen LogP) is 2.96. The molecule has 0 aromatic carbocycles. The number of aromatic nitrogens is 3. The standard InChI is InChI=1S/C16H24ClN5O2/c17-14-19-15(18-12-7-5-11(6-8-12)13(23)24)21-16(20-14)22-9-3-1-2-4-10-22/h11-12H,1-10H2,(H,23,24)(H,18,19,20,21)/t11-,12+. The van der Waals surface area contributed by atoms with E-state index in [1.54, 1.807) is 0 Å². The van der Waals surface area contributed by atoms with Crippen LogP contribution in [0.15, 0.2) is 0 Å². The molecule has 0 radical (unpaired) electrons. The third-order valence-electron chi connectivity index (χ3n) is 4.89. The molecule has 24 heavy (non-hydrogen) atoms. The number of hydrogen-bond acceptors (Lipinski definition) is 6. The van der Waals surface area contributed by atoms with Crippen LogP contribution in [0, 0.1) is 5.92 Å². The van der Waals surface area contributed by atoms with Crippen LogP contribution < -0.4 is 10.2 Å². The number of carbonyl (C=O) groups is 1. The van der Waals surface area contributed by atoms with Gasteiger partial charge >= 0.3 is 5.97 Å². The molecule has 2 heterocycles. The van der Waals surface area contributed by atoms with E-state index in [2.05, 4.69) is 25.2 Å². The Morgan fingerprint density at radius 1 is 1.04 bits per heavy atom. The highest BCUT2D eigenvalue weighted by Gasteiger charge is 2.26. The molecule has 0 bridgehead atoms. The molecule has 2 fully saturated rings. The number of rotatable bonds is 4. The Morgan fingerprint density at radius 3 is 2.33 bits per heavy atom. The fourth-order valence-electron chi connectivity index (χ4n) is 3.48. The van der Waals surface area contributed by atoms with Crippen molar-refractivity contribution in [1.82, 2.24) is 15.0 Å². The van der Waals surface area contributed by atoms with Gasteiger partial charge < -0.3 is 15.3 Å². The molecule has 2 N–H and O–H groups in total. The molecule has 2 aliphatic rings. The van der Waals surface area contributed by atoms with E-state index in [0.29, 0.717) is 24.7 Å². The summed E-state index contributed by atoms with van der Waals surface area (Å²) in [4.78, 5) is 26.2. The highest BCUT2D eigenvalue weighted by Crippen LogP contribution is 2.27. The van der Waals surface area contributed by atoms with E-state index < -0.39 is 5.97 Å². The van der Waals surface area contributed by atoms with Crippen LogP contribution in [0.5, 0.6) is 0 Å². The second-order valence-corrected chi connectivity index (χ2v) is 7.00. The van der Waals surface area contributed by atoms with Crippen LogP contribution in [0.25, 0.3) is 0 Å². The van der Waals surface area contributed by atoms with E-state index in [4.69, 9.17) is 16.7 Å². The van der Waals surface area contributed by atoms with Crippen molar-refractivity contribution in [2.45, 2.75) is 57.4 Å². The lowest BCUT2D eigenvalue weighted by atomic mass is 9.86. The number of anilines is 2. The summed E-state index contributed by atoms with van der Waals surface area (Å²) in [5.74, 6) is 0.212.